The molecule has 0 spiro atoms. The molecule has 0 aromatic heterocycles. The molecule has 170 valence electrons. The molecular formula is C27H55I. The highest BCUT2D eigenvalue weighted by Crippen LogP contribution is 2.15. The Balaban J connectivity index is 2.96. The number of halogens is 1. The summed E-state index contributed by atoms with van der Waals surface area (Å²) in [5.74, 6) is 0. The summed E-state index contributed by atoms with van der Waals surface area (Å²) in [6, 6.07) is 0. The molecular weight excluding hydrogens is 451 g/mol. The van der Waals surface area contributed by atoms with Crippen molar-refractivity contribution in [2.24, 2.45) is 0 Å². The zero-order chi connectivity index (χ0) is 20.4. The van der Waals surface area contributed by atoms with Gasteiger partial charge in [0.15, 0.2) is 0 Å². The van der Waals surface area contributed by atoms with E-state index in [2.05, 4.69) is 29.5 Å². The molecule has 0 aromatic rings. The van der Waals surface area contributed by atoms with Gasteiger partial charge in [-0.1, -0.05) is 184 Å². The second kappa shape index (κ2) is 27.7. The Morgan fingerprint density at radius 3 is 0.643 bits per heavy atom. The van der Waals surface area contributed by atoms with E-state index in [1.54, 1.807) is 0 Å². The summed E-state index contributed by atoms with van der Waals surface area (Å²) < 4.78 is 1.34. The Morgan fingerprint density at radius 2 is 0.464 bits per heavy atom. The number of hydrogen-bond donors (Lipinski definition) is 0. The van der Waals surface area contributed by atoms with Gasteiger partial charge in [0.05, 0.1) is 0 Å². The highest BCUT2D eigenvalue weighted by Gasteiger charge is 1.96. The smallest absolute Gasteiger partial charge is 0.000473 e. The topological polar surface area (TPSA) is 0 Å². The summed E-state index contributed by atoms with van der Waals surface area (Å²) in [4.78, 5) is 0. The van der Waals surface area contributed by atoms with Gasteiger partial charge in [-0.2, -0.15) is 0 Å². The summed E-state index contributed by atoms with van der Waals surface area (Å²) in [6.07, 6.45) is 37.0. The minimum atomic E-state index is 1.34. The normalized spacial score (nSPS) is 11.4. The maximum absolute atomic E-state index is 2.50. The van der Waals surface area contributed by atoms with Crippen LogP contribution in [0, 0.1) is 0 Å². The highest BCUT2D eigenvalue weighted by molar-refractivity contribution is 14.1. The second-order valence-corrected chi connectivity index (χ2v) is 10.3. The molecule has 0 radical (unpaired) electrons. The van der Waals surface area contributed by atoms with Crippen LogP contribution in [0.15, 0.2) is 0 Å². The van der Waals surface area contributed by atoms with Gasteiger partial charge < -0.3 is 0 Å². The number of alkyl halides is 1. The molecule has 0 aliphatic carbocycles. The summed E-state index contributed by atoms with van der Waals surface area (Å²) in [6.45, 7) is 2.30. The van der Waals surface area contributed by atoms with E-state index < -0.39 is 0 Å². The maximum atomic E-state index is 2.50. The van der Waals surface area contributed by atoms with Gasteiger partial charge in [0.1, 0.15) is 0 Å². The molecule has 0 saturated carbocycles. The Morgan fingerprint density at radius 1 is 0.286 bits per heavy atom. The molecule has 0 fully saturated rings. The van der Waals surface area contributed by atoms with Gasteiger partial charge in [0.2, 0.25) is 0 Å². The maximum Gasteiger partial charge on any atom is -0.000473 e. The zero-order valence-electron chi connectivity index (χ0n) is 19.8. The minimum absolute atomic E-state index is 1.34. The lowest BCUT2D eigenvalue weighted by molar-refractivity contribution is 0.517. The molecule has 0 aliphatic heterocycles. The van der Waals surface area contributed by atoms with Crippen LogP contribution in [0.3, 0.4) is 0 Å². The first kappa shape index (κ1) is 28.7. The van der Waals surface area contributed by atoms with E-state index in [0.29, 0.717) is 0 Å². The van der Waals surface area contributed by atoms with Gasteiger partial charge in [-0.3, -0.25) is 0 Å². The van der Waals surface area contributed by atoms with Crippen molar-refractivity contribution in [2.75, 3.05) is 4.43 Å². The predicted molar refractivity (Wildman–Crippen MR) is 140 cm³/mol. The Kier molecular flexibility index (Phi) is 28.5. The van der Waals surface area contributed by atoms with Crippen molar-refractivity contribution in [3.63, 3.8) is 0 Å². The largest absolute Gasteiger partial charge is 0.0864 e. The van der Waals surface area contributed by atoms with Crippen molar-refractivity contribution < 1.29 is 0 Å². The molecule has 0 nitrogen and oxygen atoms in total. The first-order chi connectivity index (χ1) is 13.9. The molecule has 0 heterocycles. The van der Waals surface area contributed by atoms with Crippen molar-refractivity contribution in [1.82, 2.24) is 0 Å². The van der Waals surface area contributed by atoms with Gasteiger partial charge in [0, 0.05) is 0 Å². The van der Waals surface area contributed by atoms with Gasteiger partial charge in [-0.05, 0) is 10.8 Å². The van der Waals surface area contributed by atoms with E-state index in [-0.39, 0.29) is 0 Å². The SMILES string of the molecule is CCCCCCCCCCCCCCCCCCCCCCCCCCCI. The van der Waals surface area contributed by atoms with E-state index in [0.717, 1.165) is 0 Å². The lowest BCUT2D eigenvalue weighted by Crippen LogP contribution is -1.84. The monoisotopic (exact) mass is 506 g/mol. The number of hydrogen-bond acceptors (Lipinski definition) is 0. The molecule has 0 atom stereocenters. The first-order valence-electron chi connectivity index (χ1n) is 13.5. The summed E-state index contributed by atoms with van der Waals surface area (Å²) in [5, 5.41) is 0. The third-order valence-electron chi connectivity index (χ3n) is 6.24. The van der Waals surface area contributed by atoms with Crippen LogP contribution in [0.1, 0.15) is 167 Å². The van der Waals surface area contributed by atoms with E-state index in [1.165, 1.54) is 165 Å². The van der Waals surface area contributed by atoms with E-state index in [1.807, 2.05) is 0 Å². The molecule has 0 unspecified atom stereocenters. The minimum Gasteiger partial charge on any atom is -0.0864 e. The Bertz CT molecular complexity index is 225. The molecule has 0 amide bonds. The number of unbranched alkanes of at least 4 members (excludes halogenated alkanes) is 24. The van der Waals surface area contributed by atoms with Crippen molar-refractivity contribution in [2.45, 2.75) is 167 Å². The van der Waals surface area contributed by atoms with Crippen LogP contribution in [0.5, 0.6) is 0 Å². The molecule has 1 heteroatoms. The quantitative estimate of drug-likeness (QED) is 0.0656. The third-order valence-corrected chi connectivity index (χ3v) is 7.00. The van der Waals surface area contributed by atoms with Gasteiger partial charge in [-0.15, -0.1) is 0 Å². The average molecular weight is 507 g/mol. The molecule has 0 aromatic carbocycles. The van der Waals surface area contributed by atoms with E-state index in [9.17, 15) is 0 Å². The average Bonchev–Trinajstić information content (AvgIpc) is 2.71. The van der Waals surface area contributed by atoms with Crippen LogP contribution >= 0.6 is 22.6 Å². The zero-order valence-corrected chi connectivity index (χ0v) is 21.9. The van der Waals surface area contributed by atoms with Gasteiger partial charge in [0.25, 0.3) is 0 Å². The van der Waals surface area contributed by atoms with Crippen molar-refractivity contribution in [1.29, 1.82) is 0 Å². The summed E-state index contributed by atoms with van der Waals surface area (Å²) in [5.41, 5.74) is 0. The van der Waals surface area contributed by atoms with Crippen LogP contribution in [0.2, 0.25) is 0 Å². The summed E-state index contributed by atoms with van der Waals surface area (Å²) in [7, 11) is 0. The van der Waals surface area contributed by atoms with Gasteiger partial charge >= 0.3 is 0 Å². The fourth-order valence-corrected chi connectivity index (χ4v) is 4.77. The molecule has 0 aliphatic rings. The molecule has 0 bridgehead atoms. The van der Waals surface area contributed by atoms with Crippen molar-refractivity contribution in [3.05, 3.63) is 0 Å². The van der Waals surface area contributed by atoms with Crippen LogP contribution in [-0.4, -0.2) is 4.43 Å². The molecule has 0 N–H and O–H groups in total. The first-order valence-corrected chi connectivity index (χ1v) is 15.0. The lowest BCUT2D eigenvalue weighted by Gasteiger charge is -2.04. The Hall–Kier alpha value is 0.730. The Labute approximate surface area is 193 Å². The standard InChI is InChI=1S/C27H55I/c1-2-3-4-5-6-7-8-9-10-11-12-13-14-15-16-17-18-19-20-21-22-23-24-25-26-27-28/h2-27H2,1H3. The van der Waals surface area contributed by atoms with E-state index in [4.69, 9.17) is 0 Å². The number of rotatable bonds is 25. The van der Waals surface area contributed by atoms with Crippen molar-refractivity contribution in [3.8, 4) is 0 Å². The van der Waals surface area contributed by atoms with Crippen LogP contribution in [-0.2, 0) is 0 Å². The third kappa shape index (κ3) is 26.7. The fourth-order valence-electron chi connectivity index (χ4n) is 4.23. The lowest BCUT2D eigenvalue weighted by atomic mass is 10.0. The molecule has 0 rings (SSSR count). The van der Waals surface area contributed by atoms with Crippen LogP contribution in [0.25, 0.3) is 0 Å². The van der Waals surface area contributed by atoms with Crippen molar-refractivity contribution >= 4 is 22.6 Å². The van der Waals surface area contributed by atoms with Crippen LogP contribution in [0.4, 0.5) is 0 Å². The fraction of sp³-hybridized carbons (Fsp3) is 1.00. The molecule has 0 saturated heterocycles. The highest BCUT2D eigenvalue weighted by atomic mass is 127. The second-order valence-electron chi connectivity index (χ2n) is 9.17. The van der Waals surface area contributed by atoms with E-state index >= 15 is 0 Å². The van der Waals surface area contributed by atoms with Gasteiger partial charge in [-0.25, -0.2) is 0 Å². The predicted octanol–water partition coefficient (Wildman–Crippen LogP) is 11.2. The summed E-state index contributed by atoms with van der Waals surface area (Å²) >= 11 is 2.50. The molecule has 28 heavy (non-hydrogen) atoms. The van der Waals surface area contributed by atoms with Crippen LogP contribution < -0.4 is 0 Å².